The van der Waals surface area contributed by atoms with E-state index >= 15 is 0 Å². The molecule has 0 fully saturated rings. The minimum Gasteiger partial charge on any atom is -0.460 e. The summed E-state index contributed by atoms with van der Waals surface area (Å²) in [6.07, 6.45) is 2.35. The van der Waals surface area contributed by atoms with Gasteiger partial charge in [0.1, 0.15) is 5.15 Å². The molecule has 0 aromatic carbocycles. The molecule has 0 radical (unpaired) electrons. The Bertz CT molecular complexity index is 528. The van der Waals surface area contributed by atoms with Crippen molar-refractivity contribution in [3.05, 3.63) is 32.1 Å². The van der Waals surface area contributed by atoms with Gasteiger partial charge in [-0.1, -0.05) is 18.5 Å². The molecule has 0 saturated heterocycles. The monoisotopic (exact) mass is 364 g/mol. The van der Waals surface area contributed by atoms with E-state index < -0.39 is 0 Å². The SMILES string of the molecule is CCc1nc(-c2occc2Br)nc(Cl)c1Br. The molecule has 0 amide bonds. The summed E-state index contributed by atoms with van der Waals surface area (Å²) in [5.74, 6) is 1.08. The van der Waals surface area contributed by atoms with Crippen LogP contribution < -0.4 is 0 Å². The van der Waals surface area contributed by atoms with Crippen LogP contribution >= 0.6 is 43.5 Å². The lowest BCUT2D eigenvalue weighted by Gasteiger charge is -2.04. The molecule has 0 atom stereocenters. The first-order valence-electron chi connectivity index (χ1n) is 4.58. The lowest BCUT2D eigenvalue weighted by Crippen LogP contribution is -1.97. The van der Waals surface area contributed by atoms with Gasteiger partial charge in [-0.25, -0.2) is 9.97 Å². The fourth-order valence-corrected chi connectivity index (χ4v) is 2.28. The Kier molecular flexibility index (Phi) is 3.66. The highest BCUT2D eigenvalue weighted by molar-refractivity contribution is 9.11. The summed E-state index contributed by atoms with van der Waals surface area (Å²) >= 11 is 12.7. The zero-order valence-electron chi connectivity index (χ0n) is 8.30. The number of halogens is 3. The normalized spacial score (nSPS) is 10.8. The minimum atomic E-state index is 0.394. The minimum absolute atomic E-state index is 0.394. The van der Waals surface area contributed by atoms with Gasteiger partial charge in [-0.2, -0.15) is 0 Å². The van der Waals surface area contributed by atoms with Crippen LogP contribution in [0.4, 0.5) is 0 Å². The summed E-state index contributed by atoms with van der Waals surface area (Å²) in [6, 6.07) is 1.79. The van der Waals surface area contributed by atoms with Gasteiger partial charge in [-0.15, -0.1) is 0 Å². The molecule has 0 bridgehead atoms. The van der Waals surface area contributed by atoms with Gasteiger partial charge >= 0.3 is 0 Å². The topological polar surface area (TPSA) is 38.9 Å². The zero-order chi connectivity index (χ0) is 11.7. The Morgan fingerprint density at radius 1 is 1.38 bits per heavy atom. The Morgan fingerprint density at radius 2 is 2.12 bits per heavy atom. The lowest BCUT2D eigenvalue weighted by molar-refractivity contribution is 0.575. The van der Waals surface area contributed by atoms with Crippen LogP contribution in [0.2, 0.25) is 5.15 Å². The molecule has 6 heteroatoms. The maximum Gasteiger partial charge on any atom is 0.198 e. The van der Waals surface area contributed by atoms with Crippen LogP contribution in [0.3, 0.4) is 0 Å². The van der Waals surface area contributed by atoms with Gasteiger partial charge < -0.3 is 4.42 Å². The summed E-state index contributed by atoms with van der Waals surface area (Å²) in [6.45, 7) is 2.00. The molecular weight excluding hydrogens is 359 g/mol. The van der Waals surface area contributed by atoms with Gasteiger partial charge in [0.05, 0.1) is 20.9 Å². The smallest absolute Gasteiger partial charge is 0.198 e. The van der Waals surface area contributed by atoms with Gasteiger partial charge in [0.2, 0.25) is 0 Å². The van der Waals surface area contributed by atoms with E-state index in [2.05, 4.69) is 41.8 Å². The molecule has 2 rings (SSSR count). The number of hydrogen-bond acceptors (Lipinski definition) is 3. The fraction of sp³-hybridized carbons (Fsp3) is 0.200. The summed E-state index contributed by atoms with van der Waals surface area (Å²) in [5, 5.41) is 0.394. The average Bonchev–Trinajstić information content (AvgIpc) is 2.68. The van der Waals surface area contributed by atoms with Crippen molar-refractivity contribution in [1.82, 2.24) is 9.97 Å². The van der Waals surface area contributed by atoms with Crippen LogP contribution in [0.5, 0.6) is 0 Å². The molecule has 0 aliphatic rings. The highest BCUT2D eigenvalue weighted by atomic mass is 79.9. The van der Waals surface area contributed by atoms with Crippen LogP contribution in [-0.4, -0.2) is 9.97 Å². The number of rotatable bonds is 2. The molecule has 84 valence electrons. The largest absolute Gasteiger partial charge is 0.460 e. The van der Waals surface area contributed by atoms with E-state index in [0.717, 1.165) is 21.1 Å². The highest BCUT2D eigenvalue weighted by Gasteiger charge is 2.15. The molecule has 2 aromatic rings. The van der Waals surface area contributed by atoms with Gasteiger partial charge in [-0.3, -0.25) is 0 Å². The summed E-state index contributed by atoms with van der Waals surface area (Å²) < 4.78 is 6.85. The Labute approximate surface area is 114 Å². The first-order valence-corrected chi connectivity index (χ1v) is 6.55. The Hall–Kier alpha value is -0.390. The van der Waals surface area contributed by atoms with Gasteiger partial charge in [0, 0.05) is 0 Å². The van der Waals surface area contributed by atoms with E-state index in [0.29, 0.717) is 16.7 Å². The summed E-state index contributed by atoms with van der Waals surface area (Å²) in [4.78, 5) is 8.56. The molecule has 2 aromatic heterocycles. The summed E-state index contributed by atoms with van der Waals surface area (Å²) in [5.41, 5.74) is 0.860. The molecular formula is C10H7Br2ClN2O. The van der Waals surface area contributed by atoms with Crippen LogP contribution in [0.25, 0.3) is 11.6 Å². The third-order valence-corrected chi connectivity index (χ3v) is 3.99. The van der Waals surface area contributed by atoms with Crippen molar-refractivity contribution < 1.29 is 4.42 Å². The third kappa shape index (κ3) is 2.17. The van der Waals surface area contributed by atoms with Crippen molar-refractivity contribution in [1.29, 1.82) is 0 Å². The average molecular weight is 366 g/mol. The zero-order valence-corrected chi connectivity index (χ0v) is 12.2. The van der Waals surface area contributed by atoms with Crippen LogP contribution in [-0.2, 0) is 6.42 Å². The number of aryl methyl sites for hydroxylation is 1. The molecule has 0 spiro atoms. The number of aromatic nitrogens is 2. The second-order valence-electron chi connectivity index (χ2n) is 3.05. The van der Waals surface area contributed by atoms with E-state index in [-0.39, 0.29) is 0 Å². The second kappa shape index (κ2) is 4.85. The van der Waals surface area contributed by atoms with Crippen molar-refractivity contribution >= 4 is 43.5 Å². The van der Waals surface area contributed by atoms with Gasteiger partial charge in [0.15, 0.2) is 11.6 Å². The third-order valence-electron chi connectivity index (χ3n) is 2.03. The number of furan rings is 1. The van der Waals surface area contributed by atoms with Crippen molar-refractivity contribution in [2.45, 2.75) is 13.3 Å². The molecule has 3 nitrogen and oxygen atoms in total. The van der Waals surface area contributed by atoms with Crippen molar-refractivity contribution in [3.8, 4) is 11.6 Å². The molecule has 0 aliphatic heterocycles. The predicted molar refractivity (Wildman–Crippen MR) is 69.5 cm³/mol. The van der Waals surface area contributed by atoms with Crippen LogP contribution in [0.15, 0.2) is 25.7 Å². The van der Waals surface area contributed by atoms with Crippen LogP contribution in [0, 0.1) is 0 Å². The maximum atomic E-state index is 6.01. The molecule has 0 saturated carbocycles. The van der Waals surface area contributed by atoms with Crippen LogP contribution in [0.1, 0.15) is 12.6 Å². The molecule has 0 unspecified atom stereocenters. The standard InChI is InChI=1S/C10H7Br2ClN2O/c1-2-6-7(12)9(13)15-10(14-6)8-5(11)3-4-16-8/h3-4H,2H2,1H3. The number of nitrogens with zero attached hydrogens (tertiary/aromatic N) is 2. The molecule has 2 heterocycles. The van der Waals surface area contributed by atoms with E-state index in [1.54, 1.807) is 12.3 Å². The first kappa shape index (κ1) is 12.1. The van der Waals surface area contributed by atoms with Gasteiger partial charge in [0.25, 0.3) is 0 Å². The molecule has 16 heavy (non-hydrogen) atoms. The van der Waals surface area contributed by atoms with Crippen molar-refractivity contribution in [2.75, 3.05) is 0 Å². The number of hydrogen-bond donors (Lipinski definition) is 0. The lowest BCUT2D eigenvalue weighted by atomic mass is 10.3. The van der Waals surface area contributed by atoms with Crippen molar-refractivity contribution in [2.24, 2.45) is 0 Å². The highest BCUT2D eigenvalue weighted by Crippen LogP contribution is 2.31. The predicted octanol–water partition coefficient (Wildman–Crippen LogP) is 4.48. The Balaban J connectivity index is 2.59. The summed E-state index contributed by atoms with van der Waals surface area (Å²) in [7, 11) is 0. The van der Waals surface area contributed by atoms with E-state index in [4.69, 9.17) is 16.0 Å². The first-order chi connectivity index (χ1) is 7.63. The van der Waals surface area contributed by atoms with Gasteiger partial charge in [-0.05, 0) is 44.3 Å². The fourth-order valence-electron chi connectivity index (χ4n) is 1.25. The van der Waals surface area contributed by atoms with E-state index in [1.807, 2.05) is 6.92 Å². The quantitative estimate of drug-likeness (QED) is 0.736. The van der Waals surface area contributed by atoms with Crippen molar-refractivity contribution in [3.63, 3.8) is 0 Å². The Morgan fingerprint density at radius 3 is 2.69 bits per heavy atom. The molecule has 0 N–H and O–H groups in total. The molecule has 0 aliphatic carbocycles. The van der Waals surface area contributed by atoms with E-state index in [9.17, 15) is 0 Å². The second-order valence-corrected chi connectivity index (χ2v) is 5.06. The maximum absolute atomic E-state index is 6.01. The van der Waals surface area contributed by atoms with E-state index in [1.165, 1.54) is 0 Å².